The van der Waals surface area contributed by atoms with Gasteiger partial charge in [-0.2, -0.15) is 0 Å². The number of methoxy groups -OCH3 is 2. The van der Waals surface area contributed by atoms with Crippen molar-refractivity contribution >= 4 is 17.8 Å². The van der Waals surface area contributed by atoms with E-state index in [1.165, 1.54) is 7.11 Å². The third-order valence-corrected chi connectivity index (χ3v) is 6.49. The summed E-state index contributed by atoms with van der Waals surface area (Å²) in [6, 6.07) is 6.91. The van der Waals surface area contributed by atoms with Gasteiger partial charge in [0.15, 0.2) is 0 Å². The predicted octanol–water partition coefficient (Wildman–Crippen LogP) is 1.82. The molecule has 0 bridgehead atoms. The maximum atomic E-state index is 13.6. The van der Waals surface area contributed by atoms with Crippen LogP contribution in [0, 0.1) is 0 Å². The number of carbonyl (C=O) groups excluding carboxylic acids is 3. The standard InChI is InChI=1S/C23H29N3O5/c1-30-18-10-6-3-7-14(18)22-21-16(13-24-23(21)29)25-15-8-4-5-9-17(15)26(22)19(27)11-12-20(28)31-2/h3,6-7,10,15,17,22,25H,4-5,8-9,11-13H2,1-2H3,(H,24,29)/t15-,17-,22-/m1/s1. The lowest BCUT2D eigenvalue weighted by Crippen LogP contribution is -2.53. The van der Waals surface area contributed by atoms with Crippen LogP contribution in [0.1, 0.15) is 50.1 Å². The Hall–Kier alpha value is -3.03. The Bertz CT molecular complexity index is 912. The molecular weight excluding hydrogens is 398 g/mol. The number of ether oxygens (including phenoxy) is 2. The number of rotatable bonds is 5. The van der Waals surface area contributed by atoms with E-state index in [1.807, 2.05) is 29.2 Å². The Labute approximate surface area is 181 Å². The molecule has 31 heavy (non-hydrogen) atoms. The Balaban J connectivity index is 1.83. The fourth-order valence-corrected chi connectivity index (χ4v) is 5.05. The zero-order valence-corrected chi connectivity index (χ0v) is 18.0. The first-order valence-electron chi connectivity index (χ1n) is 10.8. The van der Waals surface area contributed by atoms with Crippen LogP contribution < -0.4 is 15.4 Å². The highest BCUT2D eigenvalue weighted by Gasteiger charge is 2.46. The first-order chi connectivity index (χ1) is 15.0. The fourth-order valence-electron chi connectivity index (χ4n) is 5.05. The molecule has 2 aliphatic heterocycles. The molecule has 1 aromatic rings. The second-order valence-electron chi connectivity index (χ2n) is 8.20. The average Bonchev–Trinajstić information content (AvgIpc) is 3.07. The van der Waals surface area contributed by atoms with Gasteiger partial charge < -0.3 is 25.0 Å². The number of hydrogen-bond acceptors (Lipinski definition) is 6. The number of carbonyl (C=O) groups is 3. The van der Waals surface area contributed by atoms with E-state index >= 15 is 0 Å². The van der Waals surface area contributed by atoms with Crippen LogP contribution in [0.15, 0.2) is 35.5 Å². The maximum absolute atomic E-state index is 13.6. The van der Waals surface area contributed by atoms with E-state index < -0.39 is 12.0 Å². The van der Waals surface area contributed by atoms with Crippen molar-refractivity contribution in [3.63, 3.8) is 0 Å². The predicted molar refractivity (Wildman–Crippen MR) is 113 cm³/mol. The molecule has 3 atom stereocenters. The van der Waals surface area contributed by atoms with Crippen molar-refractivity contribution in [2.45, 2.75) is 56.7 Å². The van der Waals surface area contributed by atoms with Crippen molar-refractivity contribution in [2.24, 2.45) is 0 Å². The maximum Gasteiger partial charge on any atom is 0.306 e. The molecule has 2 N–H and O–H groups in total. The summed E-state index contributed by atoms with van der Waals surface area (Å²) in [6.07, 6.45) is 3.89. The van der Waals surface area contributed by atoms with Gasteiger partial charge in [-0.1, -0.05) is 31.0 Å². The number of fused-ring (bicyclic) bond motifs is 1. The van der Waals surface area contributed by atoms with Gasteiger partial charge in [-0.3, -0.25) is 14.4 Å². The summed E-state index contributed by atoms with van der Waals surface area (Å²) in [4.78, 5) is 40.1. The van der Waals surface area contributed by atoms with Gasteiger partial charge in [0.05, 0.1) is 44.8 Å². The largest absolute Gasteiger partial charge is 0.496 e. The van der Waals surface area contributed by atoms with E-state index in [0.29, 0.717) is 17.9 Å². The molecule has 2 heterocycles. The molecule has 166 valence electrons. The summed E-state index contributed by atoms with van der Waals surface area (Å²) in [5.74, 6) is -0.135. The van der Waals surface area contributed by atoms with Gasteiger partial charge >= 0.3 is 5.97 Å². The highest BCUT2D eigenvalue weighted by Crippen LogP contribution is 2.43. The molecule has 0 spiro atoms. The summed E-state index contributed by atoms with van der Waals surface area (Å²) >= 11 is 0. The summed E-state index contributed by atoms with van der Waals surface area (Å²) in [5, 5.41) is 6.49. The zero-order chi connectivity index (χ0) is 22.0. The lowest BCUT2D eigenvalue weighted by Gasteiger charge is -2.43. The quantitative estimate of drug-likeness (QED) is 0.696. The number of benzene rings is 1. The minimum atomic E-state index is -0.584. The van der Waals surface area contributed by atoms with E-state index in [2.05, 4.69) is 10.6 Å². The minimum absolute atomic E-state index is 0.00734. The van der Waals surface area contributed by atoms with Crippen molar-refractivity contribution < 1.29 is 23.9 Å². The van der Waals surface area contributed by atoms with Crippen molar-refractivity contribution in [3.8, 4) is 5.75 Å². The molecule has 0 saturated heterocycles. The molecular formula is C23H29N3O5. The normalized spacial score (nSPS) is 25.0. The van der Waals surface area contributed by atoms with E-state index in [4.69, 9.17) is 9.47 Å². The molecule has 3 aliphatic rings. The lowest BCUT2D eigenvalue weighted by molar-refractivity contribution is -0.145. The van der Waals surface area contributed by atoms with E-state index in [-0.39, 0.29) is 36.7 Å². The van der Waals surface area contributed by atoms with Gasteiger partial charge in [0.25, 0.3) is 5.91 Å². The van der Waals surface area contributed by atoms with Crippen molar-refractivity contribution in [2.75, 3.05) is 20.8 Å². The molecule has 2 amide bonds. The van der Waals surface area contributed by atoms with Crippen LogP contribution >= 0.6 is 0 Å². The number of amides is 2. The van der Waals surface area contributed by atoms with Crippen LogP contribution in [0.4, 0.5) is 0 Å². The van der Waals surface area contributed by atoms with Gasteiger partial charge in [-0.15, -0.1) is 0 Å². The average molecular weight is 428 g/mol. The van der Waals surface area contributed by atoms with Crippen LogP contribution in [-0.4, -0.2) is 55.5 Å². The van der Waals surface area contributed by atoms with Crippen molar-refractivity contribution in [1.29, 1.82) is 0 Å². The SMILES string of the molecule is COC(=O)CCC(=O)N1[C@@H]2CCCC[C@H]2NC2=C(C(=O)NC2)[C@H]1c1ccccc1OC. The first kappa shape index (κ1) is 21.2. The van der Waals surface area contributed by atoms with Crippen molar-refractivity contribution in [1.82, 2.24) is 15.5 Å². The van der Waals surface area contributed by atoms with Crippen LogP contribution in [0.3, 0.4) is 0 Å². The molecule has 0 unspecified atom stereocenters. The third-order valence-electron chi connectivity index (χ3n) is 6.49. The Morgan fingerprint density at radius 3 is 2.68 bits per heavy atom. The Kier molecular flexibility index (Phi) is 6.15. The van der Waals surface area contributed by atoms with Crippen molar-refractivity contribution in [3.05, 3.63) is 41.1 Å². The second kappa shape index (κ2) is 8.99. The number of nitrogens with zero attached hydrogens (tertiary/aromatic N) is 1. The van der Waals surface area contributed by atoms with E-state index in [0.717, 1.165) is 36.9 Å². The summed E-state index contributed by atoms with van der Waals surface area (Å²) < 4.78 is 10.4. The van der Waals surface area contributed by atoms with Gasteiger partial charge in [-0.25, -0.2) is 0 Å². The summed E-state index contributed by atoms with van der Waals surface area (Å²) in [6.45, 7) is 0.424. The fraction of sp³-hybridized carbons (Fsp3) is 0.522. The summed E-state index contributed by atoms with van der Waals surface area (Å²) in [7, 11) is 2.90. The number of nitrogens with one attached hydrogen (secondary N) is 2. The molecule has 8 heteroatoms. The molecule has 0 aromatic heterocycles. The van der Waals surface area contributed by atoms with Crippen LogP contribution in [0.5, 0.6) is 5.75 Å². The lowest BCUT2D eigenvalue weighted by atomic mass is 9.87. The highest BCUT2D eigenvalue weighted by molar-refractivity contribution is 5.99. The molecule has 1 aliphatic carbocycles. The zero-order valence-electron chi connectivity index (χ0n) is 18.0. The van der Waals surface area contributed by atoms with Gasteiger partial charge in [0.1, 0.15) is 5.75 Å². The second-order valence-corrected chi connectivity index (χ2v) is 8.20. The molecule has 0 radical (unpaired) electrons. The summed E-state index contributed by atoms with van der Waals surface area (Å²) in [5.41, 5.74) is 2.18. The number of hydrogen-bond donors (Lipinski definition) is 2. The molecule has 1 aromatic carbocycles. The first-order valence-corrected chi connectivity index (χ1v) is 10.8. The molecule has 1 saturated carbocycles. The molecule has 8 nitrogen and oxygen atoms in total. The highest BCUT2D eigenvalue weighted by atomic mass is 16.5. The van der Waals surface area contributed by atoms with Gasteiger partial charge in [-0.05, 0) is 18.9 Å². The number of para-hydroxylation sites is 1. The Morgan fingerprint density at radius 1 is 1.13 bits per heavy atom. The van der Waals surface area contributed by atoms with E-state index in [1.54, 1.807) is 7.11 Å². The van der Waals surface area contributed by atoms with Gasteiger partial charge in [0.2, 0.25) is 5.91 Å². The topological polar surface area (TPSA) is 97.0 Å². The monoisotopic (exact) mass is 427 g/mol. The Morgan fingerprint density at radius 2 is 1.90 bits per heavy atom. The third kappa shape index (κ3) is 3.98. The number of esters is 1. The van der Waals surface area contributed by atoms with Gasteiger partial charge in [0, 0.05) is 23.7 Å². The van der Waals surface area contributed by atoms with Crippen LogP contribution in [0.25, 0.3) is 0 Å². The van der Waals surface area contributed by atoms with E-state index in [9.17, 15) is 14.4 Å². The minimum Gasteiger partial charge on any atom is -0.496 e. The van der Waals surface area contributed by atoms with Crippen LogP contribution in [0.2, 0.25) is 0 Å². The molecule has 4 rings (SSSR count). The smallest absolute Gasteiger partial charge is 0.306 e. The van der Waals surface area contributed by atoms with Crippen LogP contribution in [-0.2, 0) is 19.1 Å². The molecule has 1 fully saturated rings.